The number of fused-ring (bicyclic) bond motifs is 4. The van der Waals surface area contributed by atoms with Gasteiger partial charge in [-0.3, -0.25) is 14.4 Å². The molecular formula is C20H32N4O. The minimum atomic E-state index is 0.332. The molecule has 2 atom stereocenters. The SMILES string of the molecule is CCn1nc(C)c(CN2C[C@H]3CC[C@@H]2CN(C(=O)C2CCC2)C3)c1C. The van der Waals surface area contributed by atoms with Crippen LogP contribution in [0.2, 0.25) is 0 Å². The van der Waals surface area contributed by atoms with Gasteiger partial charge in [-0.05, 0) is 52.4 Å². The first-order valence-corrected chi connectivity index (χ1v) is 10.1. The zero-order valence-electron chi connectivity index (χ0n) is 16.0. The van der Waals surface area contributed by atoms with Crippen molar-refractivity contribution in [3.05, 3.63) is 17.0 Å². The van der Waals surface area contributed by atoms with E-state index in [4.69, 9.17) is 5.10 Å². The number of hydrogen-bond donors (Lipinski definition) is 0. The fourth-order valence-electron chi connectivity index (χ4n) is 4.94. The third-order valence-corrected chi connectivity index (χ3v) is 6.79. The van der Waals surface area contributed by atoms with Gasteiger partial charge in [0.2, 0.25) is 5.91 Å². The minimum absolute atomic E-state index is 0.332. The molecule has 4 heterocycles. The molecule has 1 amide bonds. The van der Waals surface area contributed by atoms with Crippen LogP contribution in [0.1, 0.15) is 56.0 Å². The normalized spacial score (nSPS) is 27.4. The van der Waals surface area contributed by atoms with Crippen LogP contribution >= 0.6 is 0 Å². The van der Waals surface area contributed by atoms with E-state index >= 15 is 0 Å². The predicted octanol–water partition coefficient (Wildman–Crippen LogP) is 2.74. The summed E-state index contributed by atoms with van der Waals surface area (Å²) in [6.07, 6.45) is 5.98. The molecule has 1 aromatic heterocycles. The predicted molar refractivity (Wildman–Crippen MR) is 98.2 cm³/mol. The lowest BCUT2D eigenvalue weighted by atomic mass is 9.84. The number of carbonyl (C=O) groups excluding carboxylic acids is 1. The van der Waals surface area contributed by atoms with E-state index in [0.29, 0.717) is 23.8 Å². The van der Waals surface area contributed by atoms with Gasteiger partial charge in [0, 0.05) is 55.9 Å². The fourth-order valence-corrected chi connectivity index (χ4v) is 4.94. The minimum Gasteiger partial charge on any atom is -0.341 e. The summed E-state index contributed by atoms with van der Waals surface area (Å²) in [7, 11) is 0. The number of amides is 1. The van der Waals surface area contributed by atoms with E-state index in [2.05, 4.69) is 35.3 Å². The first-order chi connectivity index (χ1) is 12.1. The second kappa shape index (κ2) is 6.75. The third kappa shape index (κ3) is 3.12. The van der Waals surface area contributed by atoms with E-state index < -0.39 is 0 Å². The average Bonchev–Trinajstić information content (AvgIpc) is 2.75. The Morgan fingerprint density at radius 3 is 2.56 bits per heavy atom. The second-order valence-corrected chi connectivity index (χ2v) is 8.36. The summed E-state index contributed by atoms with van der Waals surface area (Å²) < 4.78 is 2.12. The smallest absolute Gasteiger partial charge is 0.225 e. The second-order valence-electron chi connectivity index (χ2n) is 8.36. The van der Waals surface area contributed by atoms with Crippen LogP contribution < -0.4 is 0 Å². The molecule has 138 valence electrons. The molecule has 1 aromatic rings. The topological polar surface area (TPSA) is 41.4 Å². The van der Waals surface area contributed by atoms with Crippen LogP contribution in [-0.4, -0.2) is 51.2 Å². The highest BCUT2D eigenvalue weighted by Gasteiger charge is 2.39. The van der Waals surface area contributed by atoms with Crippen LogP contribution in [0.25, 0.3) is 0 Å². The molecule has 5 heteroatoms. The van der Waals surface area contributed by atoms with Crippen molar-refractivity contribution in [1.82, 2.24) is 19.6 Å². The molecule has 2 bridgehead atoms. The molecular weight excluding hydrogens is 312 g/mol. The Bertz CT molecular complexity index is 648. The van der Waals surface area contributed by atoms with E-state index in [9.17, 15) is 4.79 Å². The summed E-state index contributed by atoms with van der Waals surface area (Å²) in [6, 6.07) is 0.520. The Hall–Kier alpha value is -1.36. The van der Waals surface area contributed by atoms with E-state index in [0.717, 1.165) is 45.6 Å². The summed E-state index contributed by atoms with van der Waals surface area (Å²) in [5.74, 6) is 1.42. The zero-order chi connectivity index (χ0) is 17.6. The van der Waals surface area contributed by atoms with Gasteiger partial charge >= 0.3 is 0 Å². The number of carbonyl (C=O) groups is 1. The maximum Gasteiger partial charge on any atom is 0.225 e. The van der Waals surface area contributed by atoms with Crippen molar-refractivity contribution in [3.63, 3.8) is 0 Å². The molecule has 1 saturated carbocycles. The van der Waals surface area contributed by atoms with E-state index in [1.54, 1.807) is 0 Å². The Morgan fingerprint density at radius 1 is 1.12 bits per heavy atom. The number of aromatic nitrogens is 2. The molecule has 0 spiro atoms. The molecule has 4 fully saturated rings. The molecule has 5 rings (SSSR count). The molecule has 0 unspecified atom stereocenters. The van der Waals surface area contributed by atoms with Crippen molar-refractivity contribution in [3.8, 4) is 0 Å². The maximum atomic E-state index is 12.8. The molecule has 1 aliphatic carbocycles. The molecule has 0 radical (unpaired) electrons. The maximum absolute atomic E-state index is 12.8. The standard InChI is InChI=1S/C20H32N4O/c1-4-24-15(3)19(14(2)21-24)13-22-10-16-8-9-18(22)12-23(11-16)20(25)17-6-5-7-17/h16-18H,4-13H2,1-3H3/t16-,18-/m1/s1. The van der Waals surface area contributed by atoms with Gasteiger partial charge in [0.25, 0.3) is 0 Å². The number of rotatable bonds is 4. The van der Waals surface area contributed by atoms with E-state index in [1.807, 2.05) is 0 Å². The van der Waals surface area contributed by atoms with Crippen LogP contribution in [-0.2, 0) is 17.9 Å². The van der Waals surface area contributed by atoms with Crippen molar-refractivity contribution >= 4 is 5.91 Å². The monoisotopic (exact) mass is 344 g/mol. The van der Waals surface area contributed by atoms with Crippen molar-refractivity contribution in [1.29, 1.82) is 0 Å². The van der Waals surface area contributed by atoms with Gasteiger partial charge in [0.15, 0.2) is 0 Å². The Balaban J connectivity index is 1.49. The number of nitrogens with zero attached hydrogens (tertiary/aromatic N) is 4. The summed E-state index contributed by atoms with van der Waals surface area (Å²) in [5.41, 5.74) is 3.87. The van der Waals surface area contributed by atoms with Gasteiger partial charge in [-0.1, -0.05) is 6.42 Å². The lowest BCUT2D eigenvalue weighted by Crippen LogP contribution is -2.45. The quantitative estimate of drug-likeness (QED) is 0.843. The molecule has 0 aromatic carbocycles. The van der Waals surface area contributed by atoms with Gasteiger partial charge in [0.1, 0.15) is 0 Å². The first-order valence-electron chi connectivity index (χ1n) is 10.1. The first kappa shape index (κ1) is 17.1. The molecule has 25 heavy (non-hydrogen) atoms. The van der Waals surface area contributed by atoms with Gasteiger partial charge in [-0.15, -0.1) is 0 Å². The summed E-state index contributed by atoms with van der Waals surface area (Å²) in [6.45, 7) is 11.5. The average molecular weight is 345 g/mol. The lowest BCUT2D eigenvalue weighted by Gasteiger charge is -2.36. The largest absolute Gasteiger partial charge is 0.341 e. The Morgan fingerprint density at radius 2 is 1.92 bits per heavy atom. The van der Waals surface area contributed by atoms with Gasteiger partial charge < -0.3 is 4.90 Å². The molecule has 5 nitrogen and oxygen atoms in total. The number of hydrogen-bond acceptors (Lipinski definition) is 3. The van der Waals surface area contributed by atoms with Crippen molar-refractivity contribution in [2.75, 3.05) is 19.6 Å². The molecule has 0 N–H and O–H groups in total. The van der Waals surface area contributed by atoms with E-state index in [1.165, 1.54) is 36.2 Å². The third-order valence-electron chi connectivity index (χ3n) is 6.79. The van der Waals surface area contributed by atoms with Crippen LogP contribution in [0.15, 0.2) is 0 Å². The molecule has 4 aliphatic rings. The van der Waals surface area contributed by atoms with Crippen molar-refractivity contribution < 1.29 is 4.79 Å². The lowest BCUT2D eigenvalue weighted by molar-refractivity contribution is -0.138. The van der Waals surface area contributed by atoms with Crippen molar-refractivity contribution in [2.45, 2.75) is 72.0 Å². The van der Waals surface area contributed by atoms with E-state index in [-0.39, 0.29) is 0 Å². The van der Waals surface area contributed by atoms with Crippen LogP contribution in [0.4, 0.5) is 0 Å². The van der Waals surface area contributed by atoms with Crippen LogP contribution in [0.5, 0.6) is 0 Å². The fraction of sp³-hybridized carbons (Fsp3) is 0.800. The van der Waals surface area contributed by atoms with Gasteiger partial charge in [-0.25, -0.2) is 0 Å². The highest BCUT2D eigenvalue weighted by Crippen LogP contribution is 2.34. The summed E-state index contributed by atoms with van der Waals surface area (Å²) >= 11 is 0. The summed E-state index contributed by atoms with van der Waals surface area (Å²) in [4.78, 5) is 17.6. The molecule has 3 aliphatic heterocycles. The van der Waals surface area contributed by atoms with Gasteiger partial charge in [-0.2, -0.15) is 5.10 Å². The summed E-state index contributed by atoms with van der Waals surface area (Å²) in [5, 5.41) is 4.69. The van der Waals surface area contributed by atoms with Gasteiger partial charge in [0.05, 0.1) is 5.69 Å². The molecule has 3 saturated heterocycles. The zero-order valence-corrected chi connectivity index (χ0v) is 16.0. The highest BCUT2D eigenvalue weighted by atomic mass is 16.2. The van der Waals surface area contributed by atoms with Crippen molar-refractivity contribution in [2.24, 2.45) is 11.8 Å². The Kier molecular flexibility index (Phi) is 4.61. The van der Waals surface area contributed by atoms with Crippen LogP contribution in [0, 0.1) is 25.7 Å². The highest BCUT2D eigenvalue weighted by molar-refractivity contribution is 5.79. The Labute approximate surface area is 151 Å². The number of aryl methyl sites for hydroxylation is 2. The number of piperidine rings is 1. The van der Waals surface area contributed by atoms with Crippen LogP contribution in [0.3, 0.4) is 0 Å².